The van der Waals surface area contributed by atoms with Gasteiger partial charge in [0.05, 0.1) is 5.41 Å². The van der Waals surface area contributed by atoms with Crippen LogP contribution in [0.5, 0.6) is 0 Å². The first-order chi connectivity index (χ1) is 24.0. The Morgan fingerprint density at radius 3 is 1.86 bits per heavy atom. The van der Waals surface area contributed by atoms with E-state index in [1.165, 1.54) is 12.1 Å². The zero-order valence-electron chi connectivity index (χ0n) is 30.1. The second-order valence-corrected chi connectivity index (χ2v) is 17.3. The van der Waals surface area contributed by atoms with Crippen LogP contribution in [0.3, 0.4) is 0 Å². The average molecular weight is 728 g/mol. The second-order valence-electron chi connectivity index (χ2n) is 14.5. The maximum absolute atomic E-state index is 12.2. The monoisotopic (exact) mass is 727 g/mol. The van der Waals surface area contributed by atoms with E-state index in [2.05, 4.69) is 63.2 Å². The third kappa shape index (κ3) is 6.37. The minimum absolute atomic E-state index is 0.0875. The Kier molecular flexibility index (Phi) is 9.69. The number of anilines is 1. The van der Waals surface area contributed by atoms with Gasteiger partial charge < -0.3 is 4.90 Å². The molecule has 4 aromatic rings. The lowest BCUT2D eigenvalue weighted by molar-refractivity contribution is -0.438. The van der Waals surface area contributed by atoms with Crippen LogP contribution in [0.15, 0.2) is 107 Å². The van der Waals surface area contributed by atoms with E-state index in [-0.39, 0.29) is 9.79 Å². The van der Waals surface area contributed by atoms with Crippen LogP contribution in [0.2, 0.25) is 0 Å². The zero-order valence-corrected chi connectivity index (χ0v) is 31.8. The van der Waals surface area contributed by atoms with Gasteiger partial charge in [0.15, 0.2) is 5.71 Å². The second kappa shape index (κ2) is 13.5. The first kappa shape index (κ1) is 36.7. The predicted molar refractivity (Wildman–Crippen MR) is 207 cm³/mol. The number of unbranched alkanes of at least 4 members (excludes halogenated alkanes) is 2. The molecule has 10 heteroatoms. The maximum Gasteiger partial charge on any atom is 0.295 e. The van der Waals surface area contributed by atoms with Gasteiger partial charge in [0.1, 0.15) is 16.3 Å². The molecule has 0 aliphatic carbocycles. The van der Waals surface area contributed by atoms with Crippen LogP contribution >= 0.6 is 0 Å². The molecule has 0 spiro atoms. The molecule has 0 saturated heterocycles. The summed E-state index contributed by atoms with van der Waals surface area (Å²) in [6.45, 7) is 14.6. The minimum Gasteiger partial charge on any atom is -0.344 e. The van der Waals surface area contributed by atoms with Crippen molar-refractivity contribution < 1.29 is 30.5 Å². The molecule has 268 valence electrons. The van der Waals surface area contributed by atoms with Gasteiger partial charge in [0.25, 0.3) is 20.2 Å². The molecule has 0 bridgehead atoms. The van der Waals surface area contributed by atoms with Gasteiger partial charge in [0, 0.05) is 58.2 Å². The molecular weight excluding hydrogens is 681 g/mol. The van der Waals surface area contributed by atoms with E-state index in [1.807, 2.05) is 42.5 Å². The molecule has 2 aliphatic rings. The first-order valence-electron chi connectivity index (χ1n) is 17.6. The molecule has 6 rings (SSSR count). The summed E-state index contributed by atoms with van der Waals surface area (Å²) in [7, 11) is -8.79. The van der Waals surface area contributed by atoms with E-state index in [1.54, 1.807) is 24.3 Å². The van der Waals surface area contributed by atoms with Crippen molar-refractivity contribution in [2.75, 3.05) is 18.0 Å². The summed E-state index contributed by atoms with van der Waals surface area (Å²) < 4.78 is 71.2. The van der Waals surface area contributed by atoms with E-state index >= 15 is 0 Å². The van der Waals surface area contributed by atoms with Gasteiger partial charge in [-0.1, -0.05) is 89.1 Å². The van der Waals surface area contributed by atoms with Crippen molar-refractivity contribution in [1.29, 1.82) is 0 Å². The lowest BCUT2D eigenvalue weighted by atomic mass is 9.79. The highest BCUT2D eigenvalue weighted by atomic mass is 32.2. The molecule has 2 aliphatic heterocycles. The third-order valence-electron chi connectivity index (χ3n) is 10.4. The Hall–Kier alpha value is -4.09. The van der Waals surface area contributed by atoms with Gasteiger partial charge in [-0.2, -0.15) is 21.4 Å². The van der Waals surface area contributed by atoms with E-state index in [0.29, 0.717) is 10.8 Å². The molecule has 2 N–H and O–H groups in total. The quantitative estimate of drug-likeness (QED) is 0.0899. The Morgan fingerprint density at radius 2 is 1.27 bits per heavy atom. The summed E-state index contributed by atoms with van der Waals surface area (Å²) in [5.74, 6) is 0. The first-order valence-corrected chi connectivity index (χ1v) is 20.5. The van der Waals surface area contributed by atoms with E-state index < -0.39 is 31.1 Å². The molecule has 0 aromatic heterocycles. The Balaban J connectivity index is 1.39. The van der Waals surface area contributed by atoms with Crippen LogP contribution in [0.1, 0.15) is 78.4 Å². The molecule has 8 nitrogen and oxygen atoms in total. The fraction of sp³-hybridized carbons (Fsp3) is 0.341. The molecule has 0 amide bonds. The summed E-state index contributed by atoms with van der Waals surface area (Å²) in [5, 5.41) is 2.64. The lowest BCUT2D eigenvalue weighted by Crippen LogP contribution is -2.28. The summed E-state index contributed by atoms with van der Waals surface area (Å²) in [4.78, 5) is 2.15. The molecule has 0 radical (unpaired) electrons. The number of rotatable bonds is 11. The highest BCUT2D eigenvalue weighted by Gasteiger charge is 2.46. The highest BCUT2D eigenvalue weighted by Crippen LogP contribution is 2.51. The van der Waals surface area contributed by atoms with Crippen molar-refractivity contribution in [2.45, 2.75) is 87.8 Å². The molecule has 0 unspecified atom stereocenters. The Labute approximate surface area is 302 Å². The van der Waals surface area contributed by atoms with E-state index in [4.69, 9.17) is 0 Å². The van der Waals surface area contributed by atoms with Crippen LogP contribution in [0, 0.1) is 0 Å². The van der Waals surface area contributed by atoms with Crippen molar-refractivity contribution in [3.63, 3.8) is 0 Å². The molecular formula is C41H47N2O6S2+. The molecule has 0 fully saturated rings. The summed E-state index contributed by atoms with van der Waals surface area (Å²) >= 11 is 0. The van der Waals surface area contributed by atoms with Gasteiger partial charge in [-0.05, 0) is 66.9 Å². The van der Waals surface area contributed by atoms with Gasteiger partial charge >= 0.3 is 0 Å². The van der Waals surface area contributed by atoms with Crippen molar-refractivity contribution in [3.8, 4) is 0 Å². The van der Waals surface area contributed by atoms with Crippen LogP contribution in [-0.4, -0.2) is 49.3 Å². The smallest absolute Gasteiger partial charge is 0.295 e. The SMILES string of the molecule is CCCCN1C(=CC=CC=CC2=[N+](CCCC)c3ccc4c(S(=O)(=O)O)cccc4c3C2(C)C)C(C)(C)c2c1ccc1c(S(=O)(=O)O)cccc21. The summed E-state index contributed by atoms with van der Waals surface area (Å²) in [6, 6.07) is 17.6. The normalized spacial score (nSPS) is 17.9. The van der Waals surface area contributed by atoms with Gasteiger partial charge in [-0.25, -0.2) is 0 Å². The number of hydrogen-bond acceptors (Lipinski definition) is 5. The van der Waals surface area contributed by atoms with Crippen molar-refractivity contribution in [1.82, 2.24) is 0 Å². The molecule has 0 atom stereocenters. The molecule has 51 heavy (non-hydrogen) atoms. The minimum atomic E-state index is -4.39. The number of hydrogen-bond donors (Lipinski definition) is 2. The molecule has 4 aromatic carbocycles. The fourth-order valence-electron chi connectivity index (χ4n) is 8.11. The van der Waals surface area contributed by atoms with Crippen LogP contribution in [-0.2, 0) is 31.1 Å². The van der Waals surface area contributed by atoms with Crippen molar-refractivity contribution >= 4 is 58.9 Å². The summed E-state index contributed by atoms with van der Waals surface area (Å²) in [5.41, 5.74) is 5.47. The van der Waals surface area contributed by atoms with Gasteiger partial charge in [0.2, 0.25) is 5.69 Å². The fourth-order valence-corrected chi connectivity index (χ4v) is 9.52. The lowest BCUT2D eigenvalue weighted by Gasteiger charge is -2.27. The maximum atomic E-state index is 12.2. The van der Waals surface area contributed by atoms with Gasteiger partial charge in [-0.3, -0.25) is 9.11 Å². The number of allylic oxidation sites excluding steroid dienone is 6. The largest absolute Gasteiger partial charge is 0.344 e. The molecule has 0 saturated carbocycles. The van der Waals surface area contributed by atoms with Crippen LogP contribution < -0.4 is 4.90 Å². The van der Waals surface area contributed by atoms with E-state index in [9.17, 15) is 25.9 Å². The number of benzene rings is 4. The number of nitrogens with zero attached hydrogens (tertiary/aromatic N) is 2. The van der Waals surface area contributed by atoms with Gasteiger partial charge in [-0.15, -0.1) is 0 Å². The Morgan fingerprint density at radius 1 is 0.686 bits per heavy atom. The predicted octanol–water partition coefficient (Wildman–Crippen LogP) is 9.26. The van der Waals surface area contributed by atoms with Crippen molar-refractivity contribution in [2.24, 2.45) is 0 Å². The zero-order chi connectivity index (χ0) is 36.9. The number of fused-ring (bicyclic) bond motifs is 6. The summed E-state index contributed by atoms with van der Waals surface area (Å²) in [6.07, 6.45) is 14.4. The average Bonchev–Trinajstić information content (AvgIpc) is 3.42. The van der Waals surface area contributed by atoms with E-state index in [0.717, 1.165) is 83.5 Å². The third-order valence-corrected chi connectivity index (χ3v) is 12.3. The van der Waals surface area contributed by atoms with Crippen LogP contribution in [0.25, 0.3) is 21.5 Å². The van der Waals surface area contributed by atoms with Crippen LogP contribution in [0.4, 0.5) is 11.4 Å². The molecule has 2 heterocycles. The standard InChI is InChI=1S/C41H46N2O6S2/c1-7-9-26-42-32-24-22-28-30(16-14-18-34(28)50(44,45)46)38(32)40(3,4)36(42)20-12-11-13-21-37-41(5,6)39-31-17-15-19-35(51(47,48)49)29(31)23-25-33(39)43(37)27-10-8-2/h11-25H,7-10,26-27H2,1-6H3,(H-,44,45,46,47,48,49)/p+1. The topological polar surface area (TPSA) is 115 Å². The Bertz CT molecular complexity index is 2400. The highest BCUT2D eigenvalue weighted by molar-refractivity contribution is 7.86. The van der Waals surface area contributed by atoms with Crippen molar-refractivity contribution in [3.05, 3.63) is 108 Å².